The molecule has 0 spiro atoms. The Balaban J connectivity index is 2.40. The van der Waals surface area contributed by atoms with Crippen molar-refractivity contribution in [1.82, 2.24) is 4.90 Å². The van der Waals surface area contributed by atoms with Gasteiger partial charge in [-0.05, 0) is 69.0 Å². The van der Waals surface area contributed by atoms with Gasteiger partial charge in [0.15, 0.2) is 0 Å². The fourth-order valence-corrected chi connectivity index (χ4v) is 4.36. The molecule has 0 aliphatic carbocycles. The number of hydrogen-bond acceptors (Lipinski definition) is 4. The molecule has 0 aromatic heterocycles. The average Bonchev–Trinajstić information content (AvgIpc) is 2.54. The first-order chi connectivity index (χ1) is 8.40. The zero-order valence-electron chi connectivity index (χ0n) is 9.11. The van der Waals surface area contributed by atoms with Crippen molar-refractivity contribution in [2.75, 3.05) is 7.05 Å². The van der Waals surface area contributed by atoms with Crippen molar-refractivity contribution in [2.45, 2.75) is 0 Å². The van der Waals surface area contributed by atoms with Crippen LogP contribution < -0.4 is 0 Å². The van der Waals surface area contributed by atoms with Gasteiger partial charge in [-0.1, -0.05) is 24.0 Å². The van der Waals surface area contributed by atoms with Crippen LogP contribution in [0.4, 0.5) is 0 Å². The number of thiocarbonyl (C=S) groups is 1. The average molecular weight is 503 g/mol. The van der Waals surface area contributed by atoms with Crippen molar-refractivity contribution >= 4 is 85.5 Å². The first-order valence-corrected chi connectivity index (χ1v) is 8.18. The summed E-state index contributed by atoms with van der Waals surface area (Å²) in [6.07, 6.45) is 1.80. The summed E-state index contributed by atoms with van der Waals surface area (Å²) in [5, 5.41) is 9.69. The Hall–Kier alpha value is 0.130. The van der Waals surface area contributed by atoms with Crippen LogP contribution in [0.3, 0.4) is 0 Å². The molecule has 2 rings (SSSR count). The lowest BCUT2D eigenvalue weighted by Gasteiger charge is -2.04. The molecule has 3 nitrogen and oxygen atoms in total. The Kier molecular flexibility index (Phi) is 4.55. The molecule has 1 aliphatic rings. The number of benzene rings is 1. The summed E-state index contributed by atoms with van der Waals surface area (Å²) in [4.78, 5) is 13.9. The van der Waals surface area contributed by atoms with Crippen molar-refractivity contribution < 1.29 is 9.90 Å². The molecule has 1 heterocycles. The van der Waals surface area contributed by atoms with Gasteiger partial charge in [0.05, 0.1) is 12.0 Å². The summed E-state index contributed by atoms with van der Waals surface area (Å²) in [5.41, 5.74) is 0.885. The summed E-state index contributed by atoms with van der Waals surface area (Å²) in [7, 11) is 1.67. The number of carbonyl (C=O) groups excluding carboxylic acids is 1. The number of hydrogen-bond donors (Lipinski definition) is 1. The van der Waals surface area contributed by atoms with Crippen molar-refractivity contribution in [2.24, 2.45) is 0 Å². The van der Waals surface area contributed by atoms with Gasteiger partial charge in [0, 0.05) is 7.05 Å². The first-order valence-electron chi connectivity index (χ1n) is 4.79. The standard InChI is InChI=1S/C11H7I2NO2S2/c1-14-10(16)8(18-11(14)17)4-5-2-6(12)9(15)7(13)3-5/h2-4,15H,1H3. The molecule has 0 bridgehead atoms. The van der Waals surface area contributed by atoms with Gasteiger partial charge in [0.2, 0.25) is 0 Å². The van der Waals surface area contributed by atoms with Crippen LogP contribution in [-0.4, -0.2) is 27.3 Å². The Labute approximate surface area is 141 Å². The number of nitrogens with zero attached hydrogens (tertiary/aromatic N) is 1. The SMILES string of the molecule is CN1C(=O)C(=Cc2cc(I)c(O)c(I)c2)SC1=S. The number of phenols is 1. The quantitative estimate of drug-likeness (QED) is 0.363. The molecular formula is C11H7I2NO2S2. The predicted octanol–water partition coefficient (Wildman–Crippen LogP) is 3.43. The van der Waals surface area contributed by atoms with Gasteiger partial charge in [0.25, 0.3) is 5.91 Å². The number of phenolic OH excluding ortho intramolecular Hbond substituents is 1. The Bertz CT molecular complexity index is 563. The van der Waals surface area contributed by atoms with E-state index in [-0.39, 0.29) is 11.7 Å². The van der Waals surface area contributed by atoms with Crippen LogP contribution in [0.1, 0.15) is 5.56 Å². The third-order valence-electron chi connectivity index (χ3n) is 2.32. The summed E-state index contributed by atoms with van der Waals surface area (Å²) in [5.74, 6) is 0.194. The maximum atomic E-state index is 11.9. The van der Waals surface area contributed by atoms with Crippen LogP contribution >= 0.6 is 69.2 Å². The van der Waals surface area contributed by atoms with Gasteiger partial charge >= 0.3 is 0 Å². The topological polar surface area (TPSA) is 40.5 Å². The van der Waals surface area contributed by atoms with E-state index in [0.717, 1.165) is 12.7 Å². The van der Waals surface area contributed by atoms with Crippen molar-refractivity contribution in [1.29, 1.82) is 0 Å². The lowest BCUT2D eigenvalue weighted by atomic mass is 10.2. The van der Waals surface area contributed by atoms with Crippen molar-refractivity contribution in [3.63, 3.8) is 0 Å². The summed E-state index contributed by atoms with van der Waals surface area (Å²) in [6, 6.07) is 3.67. The summed E-state index contributed by atoms with van der Waals surface area (Å²) < 4.78 is 2.09. The van der Waals surface area contributed by atoms with E-state index in [2.05, 4.69) is 45.2 Å². The van der Waals surface area contributed by atoms with E-state index in [1.54, 1.807) is 13.1 Å². The molecule has 1 aromatic rings. The van der Waals surface area contributed by atoms with E-state index < -0.39 is 0 Å². The van der Waals surface area contributed by atoms with Gasteiger partial charge in [-0.15, -0.1) is 0 Å². The zero-order valence-corrected chi connectivity index (χ0v) is 15.1. The molecule has 0 saturated carbocycles. The smallest absolute Gasteiger partial charge is 0.265 e. The van der Waals surface area contributed by atoms with E-state index >= 15 is 0 Å². The van der Waals surface area contributed by atoms with Gasteiger partial charge in [-0.25, -0.2) is 0 Å². The molecule has 1 saturated heterocycles. The number of aromatic hydroxyl groups is 1. The van der Waals surface area contributed by atoms with Gasteiger partial charge in [0.1, 0.15) is 10.1 Å². The molecule has 0 atom stereocenters. The number of rotatable bonds is 1. The maximum Gasteiger partial charge on any atom is 0.265 e. The van der Waals surface area contributed by atoms with E-state index in [1.165, 1.54) is 16.7 Å². The third-order valence-corrected chi connectivity index (χ3v) is 5.45. The van der Waals surface area contributed by atoms with E-state index in [0.29, 0.717) is 9.23 Å². The minimum atomic E-state index is -0.0805. The molecule has 1 aliphatic heterocycles. The second-order valence-electron chi connectivity index (χ2n) is 3.57. The molecule has 7 heteroatoms. The number of amides is 1. The Morgan fingerprint density at radius 1 is 1.39 bits per heavy atom. The van der Waals surface area contributed by atoms with E-state index in [4.69, 9.17) is 12.2 Å². The predicted molar refractivity (Wildman–Crippen MR) is 94.5 cm³/mol. The van der Waals surface area contributed by atoms with Crippen LogP contribution in [0.15, 0.2) is 17.0 Å². The molecule has 1 aromatic carbocycles. The Morgan fingerprint density at radius 2 is 1.94 bits per heavy atom. The second-order valence-corrected chi connectivity index (χ2v) is 7.57. The zero-order chi connectivity index (χ0) is 13.4. The minimum Gasteiger partial charge on any atom is -0.506 e. The van der Waals surface area contributed by atoms with Gasteiger partial charge in [-0.2, -0.15) is 0 Å². The molecule has 0 unspecified atom stereocenters. The number of thioether (sulfide) groups is 1. The van der Waals surface area contributed by atoms with Crippen LogP contribution in [-0.2, 0) is 4.79 Å². The number of likely N-dealkylation sites (N-methyl/N-ethyl adjacent to an activating group) is 1. The first kappa shape index (κ1) is 14.5. The van der Waals surface area contributed by atoms with E-state index in [1.807, 2.05) is 12.1 Å². The number of carbonyl (C=O) groups is 1. The van der Waals surface area contributed by atoms with Gasteiger partial charge < -0.3 is 5.11 Å². The minimum absolute atomic E-state index is 0.0805. The van der Waals surface area contributed by atoms with Crippen LogP contribution in [0.25, 0.3) is 6.08 Å². The molecule has 1 N–H and O–H groups in total. The fraction of sp³-hybridized carbons (Fsp3) is 0.0909. The largest absolute Gasteiger partial charge is 0.506 e. The van der Waals surface area contributed by atoms with Crippen LogP contribution in [0.5, 0.6) is 5.75 Å². The molecular weight excluding hydrogens is 496 g/mol. The van der Waals surface area contributed by atoms with Gasteiger partial charge in [-0.3, -0.25) is 9.69 Å². The molecule has 18 heavy (non-hydrogen) atoms. The highest BCUT2D eigenvalue weighted by Gasteiger charge is 2.28. The molecule has 1 fully saturated rings. The monoisotopic (exact) mass is 503 g/mol. The summed E-state index contributed by atoms with van der Waals surface area (Å²) in [6.45, 7) is 0. The highest BCUT2D eigenvalue weighted by molar-refractivity contribution is 14.1. The summed E-state index contributed by atoms with van der Waals surface area (Å²) >= 11 is 10.5. The highest BCUT2D eigenvalue weighted by atomic mass is 127. The second kappa shape index (κ2) is 5.63. The molecule has 1 amide bonds. The lowest BCUT2D eigenvalue weighted by molar-refractivity contribution is -0.121. The molecule has 94 valence electrons. The highest BCUT2D eigenvalue weighted by Crippen LogP contribution is 2.33. The van der Waals surface area contributed by atoms with Crippen molar-refractivity contribution in [3.8, 4) is 5.75 Å². The fourth-order valence-electron chi connectivity index (χ4n) is 1.37. The lowest BCUT2D eigenvalue weighted by Crippen LogP contribution is -2.22. The van der Waals surface area contributed by atoms with Crippen LogP contribution in [0, 0.1) is 7.14 Å². The maximum absolute atomic E-state index is 11.9. The molecule has 0 radical (unpaired) electrons. The number of halogens is 2. The normalized spacial score (nSPS) is 17.9. The third kappa shape index (κ3) is 2.83. The van der Waals surface area contributed by atoms with Crippen LogP contribution in [0.2, 0.25) is 0 Å². The van der Waals surface area contributed by atoms with Crippen molar-refractivity contribution in [3.05, 3.63) is 29.7 Å². The Morgan fingerprint density at radius 3 is 2.39 bits per heavy atom. The van der Waals surface area contributed by atoms with E-state index in [9.17, 15) is 9.90 Å².